The van der Waals surface area contributed by atoms with E-state index in [1.165, 1.54) is 32.4 Å². The molecule has 6 aliphatic rings. The highest BCUT2D eigenvalue weighted by Gasteiger charge is 2.86. The molecule has 4 aliphatic carbocycles. The topological polar surface area (TPSA) is 70.1 Å². The predicted molar refractivity (Wildman–Crippen MR) is 166 cm³/mol. The smallest absolute Gasteiger partial charge is 0.315 e. The third kappa shape index (κ3) is 4.12. The predicted octanol–water partition coefficient (Wildman–Crippen LogP) is 6.15. The highest BCUT2D eigenvalue weighted by atomic mass is 16.5. The van der Waals surface area contributed by atoms with Gasteiger partial charge in [-0.1, -0.05) is 66.0 Å². The number of carboxylic acid groups (broad SMARTS) is 1. The minimum atomic E-state index is -1.15. The van der Waals surface area contributed by atoms with Crippen LogP contribution in [0.3, 0.4) is 0 Å². The van der Waals surface area contributed by atoms with E-state index in [4.69, 9.17) is 4.74 Å². The largest absolute Gasteiger partial charge is 0.481 e. The van der Waals surface area contributed by atoms with Crippen molar-refractivity contribution in [3.8, 4) is 0 Å². The van der Waals surface area contributed by atoms with Crippen molar-refractivity contribution in [3.05, 3.63) is 11.6 Å². The first kappa shape index (κ1) is 30.8. The molecule has 5 fully saturated rings. The standard InChI is InChI=1S/C36H58N2O4/c1-7-37(15-16-38-13-9-8-10-14-38)21-31-27(23(2)3)18-32(42-31)35-20-28-25(6)11-12-29(28)34(22-39)19-26(35)17-30(24(4)5)36(34,35)33(40)41/h17,22-29,31-32H,7-16,18-21H2,1-6H3,(H,40,41)/t25-,26?,27+,28-,29-,31+,32-,34?,35?,36+/m1/s1. The lowest BCUT2D eigenvalue weighted by atomic mass is 9.41. The van der Waals surface area contributed by atoms with E-state index in [9.17, 15) is 14.7 Å². The highest BCUT2D eigenvalue weighted by molar-refractivity contribution is 5.90. The van der Waals surface area contributed by atoms with E-state index in [0.717, 1.165) is 63.7 Å². The molecule has 236 valence electrons. The van der Waals surface area contributed by atoms with Crippen LogP contribution in [-0.2, 0) is 14.3 Å². The first-order valence-electron chi connectivity index (χ1n) is 17.6. The number of allylic oxidation sites excluding steroid dienone is 1. The lowest BCUT2D eigenvalue weighted by Crippen LogP contribution is -2.65. The molecule has 3 unspecified atom stereocenters. The zero-order valence-electron chi connectivity index (χ0n) is 27.3. The lowest BCUT2D eigenvalue weighted by molar-refractivity contribution is -0.197. The molecule has 2 saturated heterocycles. The molecular weight excluding hydrogens is 524 g/mol. The molecule has 1 N–H and O–H groups in total. The van der Waals surface area contributed by atoms with Crippen molar-refractivity contribution in [2.45, 2.75) is 105 Å². The van der Waals surface area contributed by atoms with Crippen molar-refractivity contribution in [2.75, 3.05) is 39.3 Å². The molecule has 0 radical (unpaired) electrons. The van der Waals surface area contributed by atoms with Crippen molar-refractivity contribution >= 4 is 12.3 Å². The minimum Gasteiger partial charge on any atom is -0.481 e. The maximum absolute atomic E-state index is 14.0. The summed E-state index contributed by atoms with van der Waals surface area (Å²) >= 11 is 0. The number of hydrogen-bond donors (Lipinski definition) is 1. The number of aldehydes is 1. The first-order chi connectivity index (χ1) is 20.1. The van der Waals surface area contributed by atoms with Crippen molar-refractivity contribution < 1.29 is 19.4 Å². The summed E-state index contributed by atoms with van der Waals surface area (Å²) in [5.74, 6) is 1.42. The van der Waals surface area contributed by atoms with Gasteiger partial charge in [0.15, 0.2) is 0 Å². The second-order valence-corrected chi connectivity index (χ2v) is 16.0. The van der Waals surface area contributed by atoms with Crippen molar-refractivity contribution in [3.63, 3.8) is 0 Å². The zero-order valence-corrected chi connectivity index (χ0v) is 27.3. The van der Waals surface area contributed by atoms with Crippen LogP contribution in [0.5, 0.6) is 0 Å². The van der Waals surface area contributed by atoms with Crippen LogP contribution in [-0.4, -0.2) is 78.6 Å². The van der Waals surface area contributed by atoms with Gasteiger partial charge >= 0.3 is 5.97 Å². The lowest BCUT2D eigenvalue weighted by Gasteiger charge is -2.60. The van der Waals surface area contributed by atoms with E-state index in [1.807, 2.05) is 0 Å². The molecular formula is C36H58N2O4. The van der Waals surface area contributed by atoms with Crippen LogP contribution < -0.4 is 0 Å². The monoisotopic (exact) mass is 582 g/mol. The van der Waals surface area contributed by atoms with E-state index >= 15 is 0 Å². The Morgan fingerprint density at radius 3 is 2.52 bits per heavy atom. The van der Waals surface area contributed by atoms with Gasteiger partial charge in [-0.05, 0) is 99.6 Å². The average molecular weight is 583 g/mol. The molecule has 2 aliphatic heterocycles. The summed E-state index contributed by atoms with van der Waals surface area (Å²) in [6.45, 7) is 20.1. The maximum atomic E-state index is 14.0. The van der Waals surface area contributed by atoms with Crippen molar-refractivity contribution in [1.82, 2.24) is 9.80 Å². The summed E-state index contributed by atoms with van der Waals surface area (Å²) in [5, 5.41) is 11.5. The molecule has 0 aromatic carbocycles. The van der Waals surface area contributed by atoms with Gasteiger partial charge in [-0.3, -0.25) is 9.69 Å². The number of rotatable bonds is 11. The van der Waals surface area contributed by atoms with Crippen LogP contribution >= 0.6 is 0 Å². The van der Waals surface area contributed by atoms with Gasteiger partial charge < -0.3 is 19.5 Å². The fourth-order valence-electron chi connectivity index (χ4n) is 11.9. The van der Waals surface area contributed by atoms with Crippen LogP contribution in [0.2, 0.25) is 0 Å². The Hall–Kier alpha value is -1.24. The number of carbonyl (C=O) groups is 2. The van der Waals surface area contributed by atoms with Gasteiger partial charge in [0.2, 0.25) is 0 Å². The molecule has 0 aromatic rings. The van der Waals surface area contributed by atoms with Gasteiger partial charge in [0.25, 0.3) is 0 Å². The summed E-state index contributed by atoms with van der Waals surface area (Å²) in [4.78, 5) is 32.7. The van der Waals surface area contributed by atoms with Crippen LogP contribution in [0.15, 0.2) is 11.6 Å². The summed E-state index contributed by atoms with van der Waals surface area (Å²) < 4.78 is 7.31. The molecule has 6 heteroatoms. The Morgan fingerprint density at radius 1 is 1.17 bits per heavy atom. The number of hydrogen-bond acceptors (Lipinski definition) is 5. The number of likely N-dealkylation sites (N-methyl/N-ethyl adjacent to an activating group) is 1. The summed E-state index contributed by atoms with van der Waals surface area (Å²) in [5.41, 5.74) is -1.47. The van der Waals surface area contributed by atoms with E-state index < -0.39 is 22.2 Å². The second kappa shape index (κ2) is 11.3. The second-order valence-electron chi connectivity index (χ2n) is 16.0. The molecule has 4 bridgehead atoms. The highest BCUT2D eigenvalue weighted by Crippen LogP contribution is 2.84. The Morgan fingerprint density at radius 2 is 1.90 bits per heavy atom. The third-order valence-corrected chi connectivity index (χ3v) is 13.8. The molecule has 0 amide bonds. The molecule has 10 atom stereocenters. The number of nitrogens with zero attached hydrogens (tertiary/aromatic N) is 2. The van der Waals surface area contributed by atoms with Crippen LogP contribution in [0.1, 0.15) is 92.9 Å². The van der Waals surface area contributed by atoms with Crippen LogP contribution in [0, 0.1) is 57.7 Å². The molecule has 0 aromatic heterocycles. The van der Waals surface area contributed by atoms with E-state index in [-0.39, 0.29) is 30.0 Å². The molecule has 0 spiro atoms. The normalized spacial score (nSPS) is 44.8. The first-order valence-corrected chi connectivity index (χ1v) is 17.6. The SMILES string of the molecule is CCN(CCN1CCCCC1)C[C@@H]1O[C@@H](C23C[C@@H]4[C@H](C)CC[C@H]4C4(C=O)CC2C=C(C(C)C)[C@]43C(=O)O)C[C@H]1C(C)C. The van der Waals surface area contributed by atoms with Crippen LogP contribution in [0.4, 0.5) is 0 Å². The van der Waals surface area contributed by atoms with Gasteiger partial charge in [-0.25, -0.2) is 0 Å². The van der Waals surface area contributed by atoms with E-state index in [2.05, 4.69) is 57.4 Å². The fraction of sp³-hybridized carbons (Fsp3) is 0.889. The number of carbonyl (C=O) groups excluding carboxylic acids is 1. The molecule has 2 heterocycles. The quantitative estimate of drug-likeness (QED) is 0.233. The number of ether oxygens (including phenoxy) is 1. The Labute approximate surface area is 255 Å². The van der Waals surface area contributed by atoms with E-state index in [0.29, 0.717) is 30.1 Å². The molecule has 6 nitrogen and oxygen atoms in total. The van der Waals surface area contributed by atoms with Gasteiger partial charge in [0.1, 0.15) is 11.7 Å². The Balaban J connectivity index is 1.35. The van der Waals surface area contributed by atoms with E-state index in [1.54, 1.807) is 0 Å². The Bertz CT molecular complexity index is 1070. The fourth-order valence-corrected chi connectivity index (χ4v) is 11.9. The van der Waals surface area contributed by atoms with Crippen molar-refractivity contribution in [2.24, 2.45) is 57.7 Å². The molecule has 6 rings (SSSR count). The minimum absolute atomic E-state index is 0.100. The van der Waals surface area contributed by atoms with Gasteiger partial charge in [0.05, 0.1) is 17.6 Å². The average Bonchev–Trinajstić information content (AvgIpc) is 3.69. The number of piperidine rings is 1. The number of likely N-dealkylation sites (tertiary alicyclic amines) is 1. The van der Waals surface area contributed by atoms with Crippen molar-refractivity contribution in [1.29, 1.82) is 0 Å². The summed E-state index contributed by atoms with van der Waals surface area (Å²) in [7, 11) is 0. The summed E-state index contributed by atoms with van der Waals surface area (Å²) in [6.07, 6.45) is 12.1. The maximum Gasteiger partial charge on any atom is 0.315 e. The van der Waals surface area contributed by atoms with Gasteiger partial charge in [-0.2, -0.15) is 0 Å². The summed E-state index contributed by atoms with van der Waals surface area (Å²) in [6, 6.07) is 0. The number of aliphatic carboxylic acids is 1. The number of carboxylic acids is 1. The van der Waals surface area contributed by atoms with Gasteiger partial charge in [0, 0.05) is 25.0 Å². The van der Waals surface area contributed by atoms with Crippen LogP contribution in [0.25, 0.3) is 0 Å². The Kier molecular flexibility index (Phi) is 8.27. The molecule has 42 heavy (non-hydrogen) atoms. The third-order valence-electron chi connectivity index (χ3n) is 13.8. The van der Waals surface area contributed by atoms with Gasteiger partial charge in [-0.15, -0.1) is 0 Å². The zero-order chi connectivity index (χ0) is 30.0. The number of fused-ring (bicyclic) bond motifs is 2. The molecule has 3 saturated carbocycles.